The van der Waals surface area contributed by atoms with E-state index < -0.39 is 0 Å². The molecule has 0 bridgehead atoms. The number of nitrogens with one attached hydrogen (secondary N) is 2. The van der Waals surface area contributed by atoms with E-state index in [0.29, 0.717) is 0 Å². The summed E-state index contributed by atoms with van der Waals surface area (Å²) in [5.41, 5.74) is 0.154. The second-order valence-corrected chi connectivity index (χ2v) is 5.02. The number of halogens is 1. The van der Waals surface area contributed by atoms with Crippen LogP contribution in [0, 0.1) is 11.3 Å². The van der Waals surface area contributed by atoms with Gasteiger partial charge in [0.2, 0.25) is 5.91 Å². The molecule has 2 rings (SSSR count). The van der Waals surface area contributed by atoms with Gasteiger partial charge >= 0.3 is 0 Å². The Hall–Kier alpha value is -0.320. The van der Waals surface area contributed by atoms with Crippen molar-refractivity contribution in [3.05, 3.63) is 0 Å². The van der Waals surface area contributed by atoms with Crippen molar-refractivity contribution in [1.82, 2.24) is 10.6 Å². The lowest BCUT2D eigenvalue weighted by Crippen LogP contribution is -2.39. The lowest BCUT2D eigenvalue weighted by atomic mass is 9.90. The zero-order valence-corrected chi connectivity index (χ0v) is 10.6. The van der Waals surface area contributed by atoms with Crippen LogP contribution in [-0.2, 0) is 9.53 Å². The third-order valence-corrected chi connectivity index (χ3v) is 3.42. The van der Waals surface area contributed by atoms with Crippen molar-refractivity contribution < 1.29 is 9.53 Å². The summed E-state index contributed by atoms with van der Waals surface area (Å²) >= 11 is 0. The summed E-state index contributed by atoms with van der Waals surface area (Å²) in [4.78, 5) is 11.8. The van der Waals surface area contributed by atoms with Crippen LogP contribution in [0.25, 0.3) is 0 Å². The maximum Gasteiger partial charge on any atom is 0.224 e. The average molecular weight is 249 g/mol. The first kappa shape index (κ1) is 13.7. The molecule has 2 atom stereocenters. The fourth-order valence-corrected chi connectivity index (χ4v) is 2.17. The number of ether oxygens (including phenoxy) is 1. The lowest BCUT2D eigenvalue weighted by Gasteiger charge is -2.22. The number of carbonyl (C=O) groups is 1. The second-order valence-electron chi connectivity index (χ2n) is 5.02. The van der Waals surface area contributed by atoms with Gasteiger partial charge in [0.15, 0.2) is 0 Å². The van der Waals surface area contributed by atoms with Crippen molar-refractivity contribution in [1.29, 1.82) is 0 Å². The molecular formula is C11H21ClN2O2. The maximum atomic E-state index is 11.8. The molecule has 0 aromatic rings. The number of amides is 1. The van der Waals surface area contributed by atoms with E-state index in [-0.39, 0.29) is 29.6 Å². The Kier molecular flexibility index (Phi) is 5.02. The quantitative estimate of drug-likeness (QED) is 0.768. The van der Waals surface area contributed by atoms with Gasteiger partial charge in [0.1, 0.15) is 0 Å². The fourth-order valence-electron chi connectivity index (χ4n) is 2.17. The molecule has 2 aliphatic heterocycles. The van der Waals surface area contributed by atoms with Crippen LogP contribution in [0.1, 0.15) is 19.8 Å². The van der Waals surface area contributed by atoms with Crippen LogP contribution >= 0.6 is 12.4 Å². The minimum Gasteiger partial charge on any atom is -0.381 e. The molecule has 1 amide bonds. The summed E-state index contributed by atoms with van der Waals surface area (Å²) in [5.74, 6) is 0.379. The third kappa shape index (κ3) is 3.34. The summed E-state index contributed by atoms with van der Waals surface area (Å²) in [6, 6.07) is 0. The van der Waals surface area contributed by atoms with E-state index in [1.807, 2.05) is 0 Å². The Morgan fingerprint density at radius 2 is 2.44 bits per heavy atom. The smallest absolute Gasteiger partial charge is 0.224 e. The highest BCUT2D eigenvalue weighted by Crippen LogP contribution is 2.26. The topological polar surface area (TPSA) is 50.4 Å². The molecule has 0 aromatic heterocycles. The van der Waals surface area contributed by atoms with Gasteiger partial charge in [-0.05, 0) is 19.4 Å². The number of carbonyl (C=O) groups excluding carboxylic acids is 1. The van der Waals surface area contributed by atoms with E-state index in [1.54, 1.807) is 0 Å². The highest BCUT2D eigenvalue weighted by Gasteiger charge is 2.31. The monoisotopic (exact) mass is 248 g/mol. The molecule has 0 radical (unpaired) electrons. The number of hydrogen-bond acceptors (Lipinski definition) is 3. The Morgan fingerprint density at radius 3 is 3.00 bits per heavy atom. The molecular weight excluding hydrogens is 228 g/mol. The molecule has 0 aromatic carbocycles. The van der Waals surface area contributed by atoms with Crippen molar-refractivity contribution in [3.63, 3.8) is 0 Å². The van der Waals surface area contributed by atoms with E-state index in [9.17, 15) is 4.79 Å². The Morgan fingerprint density at radius 1 is 1.62 bits per heavy atom. The second kappa shape index (κ2) is 5.84. The normalized spacial score (nSPS) is 33.4. The first-order chi connectivity index (χ1) is 7.20. The molecule has 5 heteroatoms. The van der Waals surface area contributed by atoms with Crippen LogP contribution < -0.4 is 10.6 Å². The number of rotatable bonds is 3. The molecule has 16 heavy (non-hydrogen) atoms. The van der Waals surface area contributed by atoms with Crippen molar-refractivity contribution in [2.45, 2.75) is 19.8 Å². The zero-order chi connectivity index (χ0) is 10.7. The lowest BCUT2D eigenvalue weighted by molar-refractivity contribution is -0.124. The molecule has 1 unspecified atom stereocenters. The molecule has 0 aliphatic carbocycles. The van der Waals surface area contributed by atoms with Crippen molar-refractivity contribution >= 4 is 18.3 Å². The van der Waals surface area contributed by atoms with Gasteiger partial charge in [0, 0.05) is 25.1 Å². The molecule has 94 valence electrons. The van der Waals surface area contributed by atoms with Crippen LogP contribution in [0.4, 0.5) is 0 Å². The minimum absolute atomic E-state index is 0. The van der Waals surface area contributed by atoms with E-state index in [2.05, 4.69) is 17.6 Å². The largest absolute Gasteiger partial charge is 0.381 e. The van der Waals surface area contributed by atoms with E-state index in [0.717, 1.165) is 45.7 Å². The van der Waals surface area contributed by atoms with Crippen LogP contribution in [-0.4, -0.2) is 38.8 Å². The van der Waals surface area contributed by atoms with Gasteiger partial charge in [-0.15, -0.1) is 12.4 Å². The van der Waals surface area contributed by atoms with Crippen LogP contribution in [0.5, 0.6) is 0 Å². The van der Waals surface area contributed by atoms with E-state index in [4.69, 9.17) is 4.74 Å². The molecule has 2 saturated heterocycles. The Labute approximate surface area is 103 Å². The molecule has 0 spiro atoms. The Balaban J connectivity index is 0.00000128. The van der Waals surface area contributed by atoms with Crippen LogP contribution in [0.3, 0.4) is 0 Å². The predicted octanol–water partition coefficient (Wildman–Crippen LogP) is 0.560. The summed E-state index contributed by atoms with van der Waals surface area (Å²) in [7, 11) is 0. The standard InChI is InChI=1S/C11H20N2O2.ClH/c1-11(3-5-15-8-11)7-13-10(14)9-2-4-12-6-9;/h9,12H,2-8H2,1H3,(H,13,14);1H/t9-,11?;/m0./s1. The van der Waals surface area contributed by atoms with Crippen molar-refractivity contribution in [3.8, 4) is 0 Å². The van der Waals surface area contributed by atoms with Crippen LogP contribution in [0.2, 0.25) is 0 Å². The molecule has 4 nitrogen and oxygen atoms in total. The first-order valence-corrected chi connectivity index (χ1v) is 5.76. The highest BCUT2D eigenvalue weighted by atomic mass is 35.5. The number of hydrogen-bond donors (Lipinski definition) is 2. The van der Waals surface area contributed by atoms with E-state index >= 15 is 0 Å². The molecule has 0 saturated carbocycles. The first-order valence-electron chi connectivity index (χ1n) is 5.76. The van der Waals surface area contributed by atoms with Gasteiger partial charge in [0.05, 0.1) is 12.5 Å². The predicted molar refractivity (Wildman–Crippen MR) is 64.8 cm³/mol. The van der Waals surface area contributed by atoms with Gasteiger partial charge in [-0.3, -0.25) is 4.79 Å². The molecule has 2 aliphatic rings. The van der Waals surface area contributed by atoms with Crippen molar-refractivity contribution in [2.75, 3.05) is 32.8 Å². The zero-order valence-electron chi connectivity index (χ0n) is 9.75. The molecule has 2 N–H and O–H groups in total. The maximum absolute atomic E-state index is 11.8. The minimum atomic E-state index is 0. The van der Waals surface area contributed by atoms with Crippen molar-refractivity contribution in [2.24, 2.45) is 11.3 Å². The third-order valence-electron chi connectivity index (χ3n) is 3.42. The average Bonchev–Trinajstić information content (AvgIpc) is 2.85. The van der Waals surface area contributed by atoms with Gasteiger partial charge in [-0.1, -0.05) is 6.92 Å². The van der Waals surface area contributed by atoms with Gasteiger partial charge in [-0.2, -0.15) is 0 Å². The Bertz CT molecular complexity index is 236. The summed E-state index contributed by atoms with van der Waals surface area (Å²) in [6.07, 6.45) is 2.02. The van der Waals surface area contributed by atoms with E-state index in [1.165, 1.54) is 0 Å². The van der Waals surface area contributed by atoms with Crippen LogP contribution in [0.15, 0.2) is 0 Å². The highest BCUT2D eigenvalue weighted by molar-refractivity contribution is 5.85. The molecule has 2 heterocycles. The summed E-state index contributed by atoms with van der Waals surface area (Å²) < 4.78 is 5.35. The van der Waals surface area contributed by atoms with Gasteiger partial charge in [0.25, 0.3) is 0 Å². The fraction of sp³-hybridized carbons (Fsp3) is 0.909. The van der Waals surface area contributed by atoms with Gasteiger partial charge in [-0.25, -0.2) is 0 Å². The summed E-state index contributed by atoms with van der Waals surface area (Å²) in [6.45, 7) is 6.33. The molecule has 2 fully saturated rings. The summed E-state index contributed by atoms with van der Waals surface area (Å²) in [5, 5.41) is 6.25. The van der Waals surface area contributed by atoms with Gasteiger partial charge < -0.3 is 15.4 Å². The SMILES string of the molecule is CC1(CNC(=O)[C@H]2CCNC2)CCOC1.Cl.